The molecule has 298 valence electrons. The maximum absolute atomic E-state index is 14.3. The normalized spacial score (nSPS) is 18.4. The summed E-state index contributed by atoms with van der Waals surface area (Å²) in [6, 6.07) is 5.56. The molecule has 0 unspecified atom stereocenters. The number of phenolic OH excluding ortho intramolecular Hbond substituents is 1. The predicted molar refractivity (Wildman–Crippen MR) is 209 cm³/mol. The number of rotatable bonds is 20. The zero-order chi connectivity index (χ0) is 39.4. The van der Waals surface area contributed by atoms with Gasteiger partial charge in [0.2, 0.25) is 11.8 Å². The van der Waals surface area contributed by atoms with E-state index in [0.29, 0.717) is 42.4 Å². The number of phenols is 1. The van der Waals surface area contributed by atoms with Crippen LogP contribution < -0.4 is 10.6 Å². The lowest BCUT2D eigenvalue weighted by atomic mass is 9.92. The Balaban J connectivity index is 1.51. The van der Waals surface area contributed by atoms with Gasteiger partial charge in [0.15, 0.2) is 5.82 Å². The molecular formula is C39H61N9O5S. The maximum Gasteiger partial charge on any atom is 0.270 e. The third kappa shape index (κ3) is 11.8. The molecule has 4 N–H and O–H groups in total. The second-order valence-electron chi connectivity index (χ2n) is 15.2. The van der Waals surface area contributed by atoms with E-state index in [9.17, 15) is 19.5 Å². The summed E-state index contributed by atoms with van der Waals surface area (Å²) in [4.78, 5) is 50.2. The van der Waals surface area contributed by atoms with Crippen LogP contribution in [0.25, 0.3) is 0 Å². The summed E-state index contributed by atoms with van der Waals surface area (Å²) in [5.41, 5.74) is 1.25. The summed E-state index contributed by atoms with van der Waals surface area (Å²) in [6.07, 6.45) is 5.52. The Kier molecular flexibility index (Phi) is 16.4. The Morgan fingerprint density at radius 1 is 1.09 bits per heavy atom. The van der Waals surface area contributed by atoms with Crippen LogP contribution in [0, 0.1) is 11.8 Å². The second kappa shape index (κ2) is 20.7. The van der Waals surface area contributed by atoms with Gasteiger partial charge < -0.3 is 25.4 Å². The first kappa shape index (κ1) is 42.8. The number of carbonyl (C=O) groups is 3. The molecule has 3 heterocycles. The fourth-order valence-electron chi connectivity index (χ4n) is 7.14. The topological polar surface area (TPSA) is 179 Å². The molecule has 3 aromatic rings. The van der Waals surface area contributed by atoms with Crippen molar-refractivity contribution in [1.29, 1.82) is 0 Å². The molecule has 1 aliphatic heterocycles. The van der Waals surface area contributed by atoms with Crippen molar-refractivity contribution in [3.05, 3.63) is 51.7 Å². The molecule has 15 heteroatoms. The number of nitrogens with one attached hydrogen (secondary N) is 3. The van der Waals surface area contributed by atoms with Crippen molar-refractivity contribution in [2.45, 2.75) is 129 Å². The van der Waals surface area contributed by atoms with E-state index >= 15 is 0 Å². The Morgan fingerprint density at radius 2 is 1.83 bits per heavy atom. The van der Waals surface area contributed by atoms with Crippen LogP contribution in [0.4, 0.5) is 0 Å². The summed E-state index contributed by atoms with van der Waals surface area (Å²) in [7, 11) is 3.80. The molecule has 1 aliphatic rings. The number of amides is 3. The first-order chi connectivity index (χ1) is 25.8. The van der Waals surface area contributed by atoms with E-state index in [0.717, 1.165) is 44.2 Å². The number of aromatic hydroxyl groups is 1. The number of likely N-dealkylation sites (tertiary alicyclic amines) is 1. The molecule has 1 saturated heterocycles. The highest BCUT2D eigenvalue weighted by Gasteiger charge is 2.37. The summed E-state index contributed by atoms with van der Waals surface area (Å²) in [6.45, 7) is 13.6. The van der Waals surface area contributed by atoms with Crippen LogP contribution in [0.3, 0.4) is 0 Å². The van der Waals surface area contributed by atoms with Crippen molar-refractivity contribution in [2.24, 2.45) is 11.8 Å². The molecule has 0 bridgehead atoms. The molecule has 3 amide bonds. The monoisotopic (exact) mass is 767 g/mol. The quantitative estimate of drug-likeness (QED) is 0.119. The van der Waals surface area contributed by atoms with Crippen LogP contribution >= 0.6 is 11.3 Å². The van der Waals surface area contributed by atoms with Gasteiger partial charge in [0, 0.05) is 43.5 Å². The SMILES string of the molecule is CCCO[C@H](C[C@H](C(C)C)N(C)C(=O)[C@@H](NC(=O)[C@H]1CCCCN1C)[C@@H](C)CC)c1nc(C(=O)N[C@@H](Cc2ccc(O)cc2)C[C@H](C)c2nn[nH]n2)cs1. The van der Waals surface area contributed by atoms with E-state index in [4.69, 9.17) is 9.72 Å². The van der Waals surface area contributed by atoms with Crippen LogP contribution in [0.2, 0.25) is 0 Å². The first-order valence-electron chi connectivity index (χ1n) is 19.5. The minimum atomic E-state index is -0.647. The average Bonchev–Trinajstić information content (AvgIpc) is 3.88. The zero-order valence-corrected chi connectivity index (χ0v) is 34.1. The Morgan fingerprint density at radius 3 is 2.46 bits per heavy atom. The fraction of sp³-hybridized carbons (Fsp3) is 0.667. The summed E-state index contributed by atoms with van der Waals surface area (Å²) < 4.78 is 6.39. The highest BCUT2D eigenvalue weighted by atomic mass is 32.1. The molecule has 0 spiro atoms. The molecule has 54 heavy (non-hydrogen) atoms. The minimum Gasteiger partial charge on any atom is -0.508 e. The van der Waals surface area contributed by atoms with Gasteiger partial charge in [-0.1, -0.05) is 71.7 Å². The van der Waals surface area contributed by atoms with Gasteiger partial charge in [-0.15, -0.1) is 21.5 Å². The number of ether oxygens (including phenoxy) is 1. The largest absolute Gasteiger partial charge is 0.508 e. The number of carbonyl (C=O) groups excluding carboxylic acids is 3. The van der Waals surface area contributed by atoms with Crippen LogP contribution in [0.5, 0.6) is 5.75 Å². The predicted octanol–water partition coefficient (Wildman–Crippen LogP) is 5.25. The molecule has 0 radical (unpaired) electrons. The second-order valence-corrected chi connectivity index (χ2v) is 16.1. The van der Waals surface area contributed by atoms with E-state index in [1.807, 2.05) is 53.9 Å². The average molecular weight is 768 g/mol. The highest BCUT2D eigenvalue weighted by molar-refractivity contribution is 7.09. The van der Waals surface area contributed by atoms with E-state index in [2.05, 4.69) is 50.0 Å². The van der Waals surface area contributed by atoms with Crippen molar-refractivity contribution in [2.75, 3.05) is 27.2 Å². The number of nitrogens with zero attached hydrogens (tertiary/aromatic N) is 6. The fourth-order valence-corrected chi connectivity index (χ4v) is 8.00. The van der Waals surface area contributed by atoms with Gasteiger partial charge in [0.25, 0.3) is 5.91 Å². The summed E-state index contributed by atoms with van der Waals surface area (Å²) in [5, 5.41) is 33.0. The van der Waals surface area contributed by atoms with Crippen molar-refractivity contribution >= 4 is 29.1 Å². The molecular weight excluding hydrogens is 707 g/mol. The Bertz CT molecular complexity index is 1600. The number of piperidine rings is 1. The molecule has 14 nitrogen and oxygen atoms in total. The third-order valence-electron chi connectivity index (χ3n) is 10.7. The van der Waals surface area contributed by atoms with Gasteiger partial charge in [-0.3, -0.25) is 19.3 Å². The standard InChI is InChI=1S/C39H61N9O5S/c1-9-19-53-33(22-32(24(3)4)48(8)39(52)34(25(5)10-2)42-37(51)31-13-11-12-18-47(31)7)38-41-30(23-54-38)36(50)40-28(20-26(6)35-43-45-46-44-35)21-27-14-16-29(49)17-15-27/h14-17,23-26,28,31-34,49H,9-13,18-22H2,1-8H3,(H,40,50)(H,42,51)(H,43,44,45,46)/t25-,26-,28+,31+,32+,33+,34-/m0/s1. The van der Waals surface area contributed by atoms with Gasteiger partial charge in [0.1, 0.15) is 28.6 Å². The molecule has 4 rings (SSSR count). The summed E-state index contributed by atoms with van der Waals surface area (Å²) >= 11 is 1.37. The van der Waals surface area contributed by atoms with Crippen LogP contribution in [0.15, 0.2) is 29.6 Å². The number of H-pyrrole nitrogens is 1. The van der Waals surface area contributed by atoms with Crippen LogP contribution in [-0.2, 0) is 20.7 Å². The molecule has 2 aromatic heterocycles. The van der Waals surface area contributed by atoms with Gasteiger partial charge >= 0.3 is 0 Å². The third-order valence-corrected chi connectivity index (χ3v) is 11.6. The van der Waals surface area contributed by atoms with Crippen LogP contribution in [0.1, 0.15) is 125 Å². The number of likely N-dealkylation sites (N-methyl/N-ethyl adjacent to an activating group) is 2. The van der Waals surface area contributed by atoms with Gasteiger partial charge in [-0.25, -0.2) is 4.98 Å². The zero-order valence-electron chi connectivity index (χ0n) is 33.2. The molecule has 7 atom stereocenters. The number of hydrogen-bond donors (Lipinski definition) is 4. The molecule has 1 fully saturated rings. The van der Waals surface area contributed by atoms with Crippen molar-refractivity contribution < 1.29 is 24.2 Å². The van der Waals surface area contributed by atoms with E-state index in [1.165, 1.54) is 11.3 Å². The maximum atomic E-state index is 14.3. The number of benzene rings is 1. The molecule has 0 aliphatic carbocycles. The number of hydrogen-bond acceptors (Lipinski definition) is 11. The number of aromatic nitrogens is 5. The lowest BCUT2D eigenvalue weighted by molar-refractivity contribution is -0.141. The van der Waals surface area contributed by atoms with Gasteiger partial charge in [-0.2, -0.15) is 5.21 Å². The smallest absolute Gasteiger partial charge is 0.270 e. The number of tetrazole rings is 1. The lowest BCUT2D eigenvalue weighted by Gasteiger charge is -2.38. The van der Waals surface area contributed by atoms with Crippen molar-refractivity contribution in [3.8, 4) is 5.75 Å². The van der Waals surface area contributed by atoms with Crippen LogP contribution in [-0.4, -0.2) is 110 Å². The van der Waals surface area contributed by atoms with Crippen molar-refractivity contribution in [3.63, 3.8) is 0 Å². The molecule has 1 aromatic carbocycles. The molecule has 0 saturated carbocycles. The first-order valence-corrected chi connectivity index (χ1v) is 20.4. The van der Waals surface area contributed by atoms with E-state index in [-0.39, 0.29) is 59.4 Å². The number of aromatic amines is 1. The number of thiazole rings is 1. The van der Waals surface area contributed by atoms with Gasteiger partial charge in [0.05, 0.1) is 6.04 Å². The van der Waals surface area contributed by atoms with E-state index < -0.39 is 12.1 Å². The lowest BCUT2D eigenvalue weighted by Crippen LogP contribution is -2.58. The Labute approximate surface area is 324 Å². The van der Waals surface area contributed by atoms with Crippen molar-refractivity contribution in [1.82, 2.24) is 46.0 Å². The minimum absolute atomic E-state index is 0.0501. The summed E-state index contributed by atoms with van der Waals surface area (Å²) in [5.74, 6) is 0.174. The van der Waals surface area contributed by atoms with E-state index in [1.54, 1.807) is 22.4 Å². The highest BCUT2D eigenvalue weighted by Crippen LogP contribution is 2.31. The Hall–Kier alpha value is -3.95. The van der Waals surface area contributed by atoms with Gasteiger partial charge in [-0.05, 0) is 75.2 Å².